The Labute approximate surface area is 264 Å². The summed E-state index contributed by atoms with van der Waals surface area (Å²) >= 11 is 0. The van der Waals surface area contributed by atoms with Crippen LogP contribution >= 0.6 is 0 Å². The number of rotatable bonds is 13. The number of benzene rings is 3. The molecule has 9 heteroatoms. The lowest BCUT2D eigenvalue weighted by Gasteiger charge is -2.18. The van der Waals surface area contributed by atoms with E-state index in [1.165, 1.54) is 11.8 Å². The molecular formula is C36H41N3O6. The van der Waals surface area contributed by atoms with Crippen molar-refractivity contribution in [3.05, 3.63) is 93.8 Å². The van der Waals surface area contributed by atoms with Gasteiger partial charge in [0.2, 0.25) is 0 Å². The minimum absolute atomic E-state index is 0.179. The Bertz CT molecular complexity index is 1790. The predicted octanol–water partition coefficient (Wildman–Crippen LogP) is 6.84. The molecule has 236 valence electrons. The molecule has 4 aromatic rings. The van der Waals surface area contributed by atoms with Gasteiger partial charge in [-0.25, -0.2) is 9.78 Å². The number of ether oxygens (including phenoxy) is 4. The van der Waals surface area contributed by atoms with E-state index in [-0.39, 0.29) is 24.2 Å². The first-order valence-corrected chi connectivity index (χ1v) is 15.1. The van der Waals surface area contributed by atoms with Crippen LogP contribution in [0.5, 0.6) is 17.2 Å². The highest BCUT2D eigenvalue weighted by atomic mass is 16.6. The van der Waals surface area contributed by atoms with Gasteiger partial charge in [-0.3, -0.25) is 4.79 Å². The van der Waals surface area contributed by atoms with Gasteiger partial charge in [0, 0.05) is 11.1 Å². The van der Waals surface area contributed by atoms with Gasteiger partial charge in [-0.2, -0.15) is 9.78 Å². The largest absolute Gasteiger partial charge is 0.494 e. The number of aryl methyl sites for hydroxylation is 1. The lowest BCUT2D eigenvalue weighted by atomic mass is 9.96. The third-order valence-electron chi connectivity index (χ3n) is 7.04. The maximum Gasteiger partial charge on any atom is 0.344 e. The molecule has 0 aliphatic carbocycles. The first kappa shape index (κ1) is 33.0. The summed E-state index contributed by atoms with van der Waals surface area (Å²) in [6, 6.07) is 14.8. The minimum Gasteiger partial charge on any atom is -0.494 e. The van der Waals surface area contributed by atoms with Gasteiger partial charge < -0.3 is 18.9 Å². The third-order valence-corrected chi connectivity index (χ3v) is 7.04. The van der Waals surface area contributed by atoms with Crippen molar-refractivity contribution >= 4 is 23.1 Å². The summed E-state index contributed by atoms with van der Waals surface area (Å²) in [6.07, 6.45) is 3.50. The van der Waals surface area contributed by atoms with E-state index in [0.717, 1.165) is 28.0 Å². The molecule has 0 spiro atoms. The zero-order valence-electron chi connectivity index (χ0n) is 27.0. The van der Waals surface area contributed by atoms with E-state index in [2.05, 4.69) is 25.5 Å². The van der Waals surface area contributed by atoms with Crippen molar-refractivity contribution in [1.29, 1.82) is 0 Å². The number of nitrogens with zero attached hydrogens (tertiary/aromatic N) is 3. The summed E-state index contributed by atoms with van der Waals surface area (Å²) in [4.78, 5) is 31.0. The maximum absolute atomic E-state index is 13.9. The summed E-state index contributed by atoms with van der Waals surface area (Å²) in [5.41, 5.74) is 4.37. The van der Waals surface area contributed by atoms with Gasteiger partial charge in [-0.1, -0.05) is 32.1 Å². The first-order chi connectivity index (χ1) is 21.6. The molecule has 45 heavy (non-hydrogen) atoms. The van der Waals surface area contributed by atoms with Crippen molar-refractivity contribution < 1.29 is 23.7 Å². The number of aromatic nitrogens is 2. The lowest BCUT2D eigenvalue weighted by molar-refractivity contribution is -0.149. The lowest BCUT2D eigenvalue weighted by Crippen LogP contribution is -2.21. The monoisotopic (exact) mass is 611 g/mol. The van der Waals surface area contributed by atoms with E-state index in [9.17, 15) is 9.59 Å². The molecule has 0 aliphatic heterocycles. The molecule has 4 rings (SSSR count). The summed E-state index contributed by atoms with van der Waals surface area (Å²) < 4.78 is 23.9. The molecule has 1 heterocycles. The van der Waals surface area contributed by atoms with Gasteiger partial charge in [0.15, 0.2) is 23.9 Å². The molecule has 0 bridgehead atoms. The minimum atomic E-state index is -0.483. The van der Waals surface area contributed by atoms with Gasteiger partial charge in [-0.15, -0.1) is 6.58 Å². The quantitative estimate of drug-likeness (QED) is 0.0926. The standard InChI is InChI=1S/C36H41N3O6/c1-9-13-26-17-25(18-32(42-8)34(26)44-21-33(40)45-23(5)6)20-37-39-35(38-30-15-12-11-14-27(30)36(39)41)29-19-28(22(3)4)31(43-10-2)16-24(29)7/h9,11-12,14-20,22-23H,1,10,13,21H2,2-8H3. The molecule has 0 aliphatic rings. The SMILES string of the molecule is C=CCc1cc(C=Nn2c(-c3cc(C(C)C)c(OCC)cc3C)nc3ccccc3c2=O)cc(OC)c1OCC(=O)OC(C)C. The number of esters is 1. The topological polar surface area (TPSA) is 101 Å². The zero-order chi connectivity index (χ0) is 32.7. The molecule has 9 nitrogen and oxygen atoms in total. The number of hydrogen-bond acceptors (Lipinski definition) is 8. The Morgan fingerprint density at radius 1 is 1.07 bits per heavy atom. The van der Waals surface area contributed by atoms with Gasteiger partial charge in [-0.05, 0) is 93.1 Å². The highest BCUT2D eigenvalue weighted by molar-refractivity contribution is 5.84. The average molecular weight is 612 g/mol. The Hall–Kier alpha value is -4.92. The van der Waals surface area contributed by atoms with Crippen molar-refractivity contribution in [2.75, 3.05) is 20.3 Å². The van der Waals surface area contributed by atoms with Crippen LogP contribution in [0, 0.1) is 6.92 Å². The fraction of sp³-hybridized carbons (Fsp3) is 0.333. The maximum atomic E-state index is 13.9. The second-order valence-corrected chi connectivity index (χ2v) is 11.1. The van der Waals surface area contributed by atoms with Gasteiger partial charge >= 0.3 is 5.97 Å². The number of allylic oxidation sites excluding steroid dienone is 1. The second kappa shape index (κ2) is 14.7. The Kier molecular flexibility index (Phi) is 10.8. The number of hydrogen-bond donors (Lipinski definition) is 0. The van der Waals surface area contributed by atoms with E-state index in [4.69, 9.17) is 23.9 Å². The van der Waals surface area contributed by atoms with E-state index >= 15 is 0 Å². The molecule has 0 fully saturated rings. The number of methoxy groups -OCH3 is 1. The molecule has 0 saturated heterocycles. The van der Waals surface area contributed by atoms with E-state index in [1.54, 1.807) is 44.3 Å². The van der Waals surface area contributed by atoms with Crippen molar-refractivity contribution in [1.82, 2.24) is 9.66 Å². The molecule has 0 amide bonds. The van der Waals surface area contributed by atoms with E-state index < -0.39 is 5.97 Å². The van der Waals surface area contributed by atoms with E-state index in [1.807, 2.05) is 44.2 Å². The molecule has 0 saturated carbocycles. The number of carbonyl (C=O) groups excluding carboxylic acids is 1. The van der Waals surface area contributed by atoms with Crippen LogP contribution < -0.4 is 19.8 Å². The molecule has 3 aromatic carbocycles. The molecule has 0 unspecified atom stereocenters. The highest BCUT2D eigenvalue weighted by Crippen LogP contribution is 2.35. The molecule has 0 atom stereocenters. The van der Waals surface area contributed by atoms with Crippen LogP contribution in [-0.4, -0.2) is 48.3 Å². The predicted molar refractivity (Wildman–Crippen MR) is 178 cm³/mol. The third kappa shape index (κ3) is 7.60. The van der Waals surface area contributed by atoms with Crippen LogP contribution in [0.1, 0.15) is 62.8 Å². The van der Waals surface area contributed by atoms with Crippen LogP contribution in [0.3, 0.4) is 0 Å². The van der Waals surface area contributed by atoms with Crippen LogP contribution in [-0.2, 0) is 16.0 Å². The second-order valence-electron chi connectivity index (χ2n) is 11.1. The van der Waals surface area contributed by atoms with Crippen LogP contribution in [0.2, 0.25) is 0 Å². The van der Waals surface area contributed by atoms with Gasteiger partial charge in [0.05, 0.1) is 36.9 Å². The summed E-state index contributed by atoms with van der Waals surface area (Å²) in [7, 11) is 1.52. The number of para-hydroxylation sites is 1. The fourth-order valence-corrected chi connectivity index (χ4v) is 5.01. The zero-order valence-corrected chi connectivity index (χ0v) is 27.0. The summed E-state index contributed by atoms with van der Waals surface area (Å²) in [5, 5.41) is 5.13. The van der Waals surface area contributed by atoms with Gasteiger partial charge in [0.1, 0.15) is 5.75 Å². The average Bonchev–Trinajstić information content (AvgIpc) is 2.99. The fourth-order valence-electron chi connectivity index (χ4n) is 5.01. The van der Waals surface area contributed by atoms with Gasteiger partial charge in [0.25, 0.3) is 5.56 Å². The van der Waals surface area contributed by atoms with Crippen LogP contribution in [0.4, 0.5) is 0 Å². The number of carbonyl (C=O) groups is 1. The Morgan fingerprint density at radius 3 is 2.49 bits per heavy atom. The van der Waals surface area contributed by atoms with Crippen molar-refractivity contribution in [2.24, 2.45) is 5.10 Å². The normalized spacial score (nSPS) is 11.4. The summed E-state index contributed by atoms with van der Waals surface area (Å²) in [5.74, 6) is 1.74. The van der Waals surface area contributed by atoms with Crippen LogP contribution in [0.25, 0.3) is 22.3 Å². The Morgan fingerprint density at radius 2 is 1.82 bits per heavy atom. The number of fused-ring (bicyclic) bond motifs is 1. The molecule has 0 N–H and O–H groups in total. The molecular weight excluding hydrogens is 570 g/mol. The highest BCUT2D eigenvalue weighted by Gasteiger charge is 2.19. The first-order valence-electron chi connectivity index (χ1n) is 15.1. The molecule has 1 aromatic heterocycles. The summed E-state index contributed by atoms with van der Waals surface area (Å²) in [6.45, 7) is 15.8. The smallest absolute Gasteiger partial charge is 0.344 e. The Balaban J connectivity index is 1.86. The molecule has 0 radical (unpaired) electrons. The van der Waals surface area contributed by atoms with Crippen LogP contribution in [0.15, 0.2) is 71.1 Å². The van der Waals surface area contributed by atoms with E-state index in [0.29, 0.717) is 46.8 Å². The van der Waals surface area contributed by atoms with Crippen molar-refractivity contribution in [3.63, 3.8) is 0 Å². The van der Waals surface area contributed by atoms with Crippen molar-refractivity contribution in [2.45, 2.75) is 60.0 Å². The van der Waals surface area contributed by atoms with Crippen molar-refractivity contribution in [3.8, 4) is 28.6 Å².